The normalized spacial score (nSPS) is 27.4. The van der Waals surface area contributed by atoms with E-state index in [-0.39, 0.29) is 12.7 Å². The summed E-state index contributed by atoms with van der Waals surface area (Å²) in [7, 11) is 0. The molecule has 0 aromatic heterocycles. The Morgan fingerprint density at radius 2 is 1.50 bits per heavy atom. The number of carbonyl (C=O) groups is 3. The van der Waals surface area contributed by atoms with Gasteiger partial charge in [-0.05, 0) is 54.4 Å². The first-order chi connectivity index (χ1) is 17.4. The smallest absolute Gasteiger partial charge is 0.407 e. The zero-order chi connectivity index (χ0) is 28.9. The second-order valence-corrected chi connectivity index (χ2v) is 14.3. The van der Waals surface area contributed by atoms with Crippen LogP contribution in [0.3, 0.4) is 0 Å². The van der Waals surface area contributed by atoms with Gasteiger partial charge in [0, 0.05) is 0 Å². The molecule has 5 atom stereocenters. The molecule has 2 rings (SSSR count). The van der Waals surface area contributed by atoms with E-state index in [0.717, 1.165) is 32.1 Å². The van der Waals surface area contributed by atoms with Crippen LogP contribution in [0.2, 0.25) is 0 Å². The number of aliphatic hydroxyl groups excluding tert-OH is 1. The molecular formula is C25H40Cl3NO9. The molecule has 0 aromatic rings. The van der Waals surface area contributed by atoms with Gasteiger partial charge in [-0.3, -0.25) is 9.59 Å². The van der Waals surface area contributed by atoms with Crippen LogP contribution >= 0.6 is 34.8 Å². The average Bonchev–Trinajstić information content (AvgIpc) is 2.79. The zero-order valence-electron chi connectivity index (χ0n) is 22.8. The maximum Gasteiger partial charge on any atom is 0.407 e. The van der Waals surface area contributed by atoms with E-state index in [2.05, 4.69) is 5.32 Å². The molecular weight excluding hydrogens is 565 g/mol. The highest BCUT2D eigenvalue weighted by Crippen LogP contribution is 2.32. The van der Waals surface area contributed by atoms with E-state index in [1.54, 1.807) is 41.5 Å². The number of ether oxygens (including phenoxy) is 5. The van der Waals surface area contributed by atoms with Gasteiger partial charge >= 0.3 is 18.0 Å². The van der Waals surface area contributed by atoms with Crippen molar-refractivity contribution in [2.24, 2.45) is 10.8 Å². The number of alkyl halides is 3. The van der Waals surface area contributed by atoms with Crippen molar-refractivity contribution in [3.05, 3.63) is 0 Å². The SMILES string of the molecule is CC(C)(C)C(=O)OC[C@H]1O[C@@H](OC2CCCCC2)[C@H](NC(=O)OCC(Cl)(Cl)Cl)[C@@H](OC(=O)C(C)(C)C)[C@@H]1O. The van der Waals surface area contributed by atoms with E-state index in [1.807, 2.05) is 0 Å². The molecule has 1 aliphatic heterocycles. The van der Waals surface area contributed by atoms with Crippen molar-refractivity contribution >= 4 is 52.8 Å². The molecule has 1 saturated carbocycles. The molecule has 2 fully saturated rings. The van der Waals surface area contributed by atoms with Crippen LogP contribution in [0.1, 0.15) is 73.6 Å². The molecule has 0 aromatic carbocycles. The first-order valence-electron chi connectivity index (χ1n) is 12.8. The second-order valence-electron chi connectivity index (χ2n) is 11.8. The van der Waals surface area contributed by atoms with Gasteiger partial charge < -0.3 is 34.1 Å². The van der Waals surface area contributed by atoms with Crippen molar-refractivity contribution < 1.29 is 43.2 Å². The summed E-state index contributed by atoms with van der Waals surface area (Å²) in [5.74, 6) is -1.14. The summed E-state index contributed by atoms with van der Waals surface area (Å²) in [6, 6.07) is -1.18. The Balaban J connectivity index is 2.34. The third kappa shape index (κ3) is 10.5. The minimum absolute atomic E-state index is 0.192. The van der Waals surface area contributed by atoms with Gasteiger partial charge in [0.2, 0.25) is 3.79 Å². The van der Waals surface area contributed by atoms with Gasteiger partial charge in [0.05, 0.1) is 16.9 Å². The standard InChI is InChI=1S/C25H40Cl3NO9/c1-23(2,3)20(31)34-12-15-17(30)18(38-21(32)24(4,5)6)16(29-22(33)35-13-25(26,27)28)19(37-15)36-14-10-8-7-9-11-14/h14-19,30H,7-13H2,1-6H3,(H,29,33)/t15-,16-,17-,18-,19-/m1/s1. The van der Waals surface area contributed by atoms with E-state index in [0.29, 0.717) is 0 Å². The largest absolute Gasteiger partial charge is 0.462 e. The van der Waals surface area contributed by atoms with Crippen molar-refractivity contribution in [2.45, 2.75) is 114 Å². The predicted molar refractivity (Wildman–Crippen MR) is 141 cm³/mol. The highest BCUT2D eigenvalue weighted by molar-refractivity contribution is 6.67. The highest BCUT2D eigenvalue weighted by Gasteiger charge is 2.51. The van der Waals surface area contributed by atoms with E-state index >= 15 is 0 Å². The highest BCUT2D eigenvalue weighted by atomic mass is 35.6. The molecule has 1 heterocycles. The lowest BCUT2D eigenvalue weighted by atomic mass is 9.93. The topological polar surface area (TPSA) is 130 Å². The van der Waals surface area contributed by atoms with Crippen LogP contribution in [0.15, 0.2) is 0 Å². The van der Waals surface area contributed by atoms with Gasteiger partial charge in [0.25, 0.3) is 0 Å². The maximum atomic E-state index is 12.9. The number of alkyl carbamates (subject to hydrolysis) is 1. The summed E-state index contributed by atoms with van der Waals surface area (Å²) >= 11 is 17.1. The number of rotatable bonds is 7. The predicted octanol–water partition coefficient (Wildman–Crippen LogP) is 4.43. The summed E-state index contributed by atoms with van der Waals surface area (Å²) in [6.07, 6.45) is -1.76. The lowest BCUT2D eigenvalue weighted by molar-refractivity contribution is -0.288. The van der Waals surface area contributed by atoms with Crippen LogP contribution in [-0.4, -0.2) is 76.9 Å². The van der Waals surface area contributed by atoms with E-state index in [9.17, 15) is 19.5 Å². The Kier molecular flexibility index (Phi) is 11.8. The number of halogens is 3. The Morgan fingerprint density at radius 3 is 2.03 bits per heavy atom. The molecule has 2 aliphatic rings. The molecule has 0 spiro atoms. The summed E-state index contributed by atoms with van der Waals surface area (Å²) in [5, 5.41) is 13.8. The number of hydrogen-bond acceptors (Lipinski definition) is 9. The molecule has 220 valence electrons. The van der Waals surface area contributed by atoms with Crippen LogP contribution in [-0.2, 0) is 33.3 Å². The lowest BCUT2D eigenvalue weighted by Crippen LogP contribution is -2.66. The van der Waals surface area contributed by atoms with E-state index in [4.69, 9.17) is 58.5 Å². The first-order valence-corrected chi connectivity index (χ1v) is 13.9. The van der Waals surface area contributed by atoms with Crippen molar-refractivity contribution in [1.82, 2.24) is 5.32 Å². The fraction of sp³-hybridized carbons (Fsp3) is 0.880. The Labute approximate surface area is 239 Å². The number of hydrogen-bond donors (Lipinski definition) is 2. The minimum Gasteiger partial charge on any atom is -0.462 e. The third-order valence-corrected chi connectivity index (χ3v) is 6.38. The average molecular weight is 605 g/mol. The van der Waals surface area contributed by atoms with Gasteiger partial charge in [0.15, 0.2) is 12.4 Å². The minimum atomic E-state index is -1.85. The van der Waals surface area contributed by atoms with Gasteiger partial charge in [-0.15, -0.1) is 0 Å². The van der Waals surface area contributed by atoms with Crippen molar-refractivity contribution in [3.8, 4) is 0 Å². The van der Waals surface area contributed by atoms with Crippen LogP contribution in [0.5, 0.6) is 0 Å². The van der Waals surface area contributed by atoms with Gasteiger partial charge in [-0.1, -0.05) is 54.1 Å². The molecule has 0 bridgehead atoms. The van der Waals surface area contributed by atoms with E-state index < -0.39 is 69.9 Å². The molecule has 1 amide bonds. The maximum absolute atomic E-state index is 12.9. The molecule has 13 heteroatoms. The third-order valence-electron chi connectivity index (χ3n) is 6.05. The second kappa shape index (κ2) is 13.5. The quantitative estimate of drug-likeness (QED) is 0.246. The van der Waals surface area contributed by atoms with Crippen LogP contribution in [0.25, 0.3) is 0 Å². The number of aliphatic hydroxyl groups is 1. The fourth-order valence-corrected chi connectivity index (χ4v) is 4.02. The van der Waals surface area contributed by atoms with Crippen LogP contribution < -0.4 is 5.32 Å². The Morgan fingerprint density at radius 1 is 0.921 bits per heavy atom. The monoisotopic (exact) mass is 603 g/mol. The molecule has 1 aliphatic carbocycles. The molecule has 0 radical (unpaired) electrons. The van der Waals surface area contributed by atoms with Crippen molar-refractivity contribution in [1.29, 1.82) is 0 Å². The summed E-state index contributed by atoms with van der Waals surface area (Å²) < 4.78 is 26.5. The summed E-state index contributed by atoms with van der Waals surface area (Å²) in [6.45, 7) is 9.16. The van der Waals surface area contributed by atoms with Crippen molar-refractivity contribution in [2.75, 3.05) is 13.2 Å². The lowest BCUT2D eigenvalue weighted by Gasteiger charge is -2.45. The molecule has 2 N–H and O–H groups in total. The first kappa shape index (κ1) is 33.2. The number of amides is 1. The van der Waals surface area contributed by atoms with Crippen LogP contribution in [0, 0.1) is 10.8 Å². The molecule has 38 heavy (non-hydrogen) atoms. The number of esters is 2. The number of nitrogens with one attached hydrogen (secondary N) is 1. The van der Waals surface area contributed by atoms with Crippen LogP contribution in [0.4, 0.5) is 4.79 Å². The summed E-state index contributed by atoms with van der Waals surface area (Å²) in [5.41, 5.74) is -1.71. The van der Waals surface area contributed by atoms with Gasteiger partial charge in [-0.2, -0.15) is 0 Å². The van der Waals surface area contributed by atoms with Gasteiger partial charge in [0.1, 0.15) is 31.5 Å². The number of carbonyl (C=O) groups excluding carboxylic acids is 3. The van der Waals surface area contributed by atoms with Gasteiger partial charge in [-0.25, -0.2) is 4.79 Å². The molecule has 10 nitrogen and oxygen atoms in total. The van der Waals surface area contributed by atoms with E-state index in [1.165, 1.54) is 0 Å². The fourth-order valence-electron chi connectivity index (χ4n) is 3.85. The zero-order valence-corrected chi connectivity index (χ0v) is 25.0. The summed E-state index contributed by atoms with van der Waals surface area (Å²) in [4.78, 5) is 37.9. The molecule has 0 unspecified atom stereocenters. The molecule has 1 saturated heterocycles. The Hall–Kier alpha value is -1.04. The Bertz CT molecular complexity index is 816. The van der Waals surface area contributed by atoms with Crippen molar-refractivity contribution in [3.63, 3.8) is 0 Å².